The summed E-state index contributed by atoms with van der Waals surface area (Å²) < 4.78 is 18.5. The van der Waals surface area contributed by atoms with E-state index in [0.29, 0.717) is 10.7 Å². The van der Waals surface area contributed by atoms with Crippen molar-refractivity contribution in [2.75, 3.05) is 36.5 Å². The zero-order valence-electron chi connectivity index (χ0n) is 15.4. The highest BCUT2D eigenvalue weighted by Crippen LogP contribution is 2.30. The van der Waals surface area contributed by atoms with E-state index in [4.69, 9.17) is 4.74 Å². The van der Waals surface area contributed by atoms with Gasteiger partial charge in [-0.3, -0.25) is 10.1 Å². The Hall–Kier alpha value is -2.77. The van der Waals surface area contributed by atoms with Crippen LogP contribution in [0.4, 0.5) is 15.2 Å². The number of halogens is 1. The van der Waals surface area contributed by atoms with Gasteiger partial charge in [0.1, 0.15) is 5.82 Å². The number of hydrogen-bond acceptors (Lipinski definition) is 5. The molecule has 0 aliphatic carbocycles. The van der Waals surface area contributed by atoms with Crippen LogP contribution in [0.5, 0.6) is 0 Å². The summed E-state index contributed by atoms with van der Waals surface area (Å²) in [5.41, 5.74) is 3.24. The molecule has 0 radical (unpaired) electrons. The number of anilines is 2. The third-order valence-corrected chi connectivity index (χ3v) is 5.53. The van der Waals surface area contributed by atoms with Gasteiger partial charge in [-0.15, -0.1) is 11.3 Å². The largest absolute Gasteiger partial charge is 0.378 e. The van der Waals surface area contributed by atoms with E-state index < -0.39 is 0 Å². The Morgan fingerprint density at radius 1 is 1.11 bits per heavy atom. The molecule has 1 saturated heterocycles. The summed E-state index contributed by atoms with van der Waals surface area (Å²) in [7, 11) is 0. The van der Waals surface area contributed by atoms with Crippen LogP contribution in [-0.4, -0.2) is 37.2 Å². The number of nitrogens with one attached hydrogen (secondary N) is 1. The summed E-state index contributed by atoms with van der Waals surface area (Å²) in [6, 6.07) is 13.7. The number of rotatable bonds is 4. The molecule has 0 unspecified atom stereocenters. The smallest absolute Gasteiger partial charge is 0.257 e. The maximum Gasteiger partial charge on any atom is 0.257 e. The van der Waals surface area contributed by atoms with Crippen LogP contribution in [0.1, 0.15) is 15.2 Å². The van der Waals surface area contributed by atoms with E-state index >= 15 is 0 Å². The first-order valence-electron chi connectivity index (χ1n) is 9.07. The van der Waals surface area contributed by atoms with Crippen LogP contribution in [0, 0.1) is 12.7 Å². The van der Waals surface area contributed by atoms with Crippen LogP contribution in [0.3, 0.4) is 0 Å². The molecule has 0 bridgehead atoms. The number of carbonyl (C=O) groups excluding carboxylic acids is 1. The molecule has 1 N–H and O–H groups in total. The first kappa shape index (κ1) is 18.6. The number of aryl methyl sites for hydroxylation is 1. The molecule has 1 fully saturated rings. The molecule has 0 spiro atoms. The minimum atomic E-state index is -0.286. The molecule has 4 rings (SSSR count). The van der Waals surface area contributed by atoms with Crippen LogP contribution < -0.4 is 10.2 Å². The van der Waals surface area contributed by atoms with Crippen molar-refractivity contribution in [3.8, 4) is 11.3 Å². The number of aromatic nitrogens is 1. The molecule has 1 aromatic heterocycles. The van der Waals surface area contributed by atoms with Crippen LogP contribution in [-0.2, 0) is 4.74 Å². The minimum Gasteiger partial charge on any atom is -0.378 e. The number of hydrogen-bond donors (Lipinski definition) is 1. The third-order valence-electron chi connectivity index (χ3n) is 4.64. The van der Waals surface area contributed by atoms with Crippen molar-refractivity contribution in [1.29, 1.82) is 0 Å². The van der Waals surface area contributed by atoms with Crippen molar-refractivity contribution < 1.29 is 13.9 Å². The Morgan fingerprint density at radius 3 is 2.46 bits per heavy atom. The molecular formula is C21H20FN3O2S. The number of amides is 1. The second kappa shape index (κ2) is 8.08. The van der Waals surface area contributed by atoms with Gasteiger partial charge in [0.15, 0.2) is 5.13 Å². The van der Waals surface area contributed by atoms with Gasteiger partial charge < -0.3 is 9.64 Å². The number of nitrogens with zero attached hydrogens (tertiary/aromatic N) is 2. The lowest BCUT2D eigenvalue weighted by Crippen LogP contribution is -2.36. The van der Waals surface area contributed by atoms with Crippen molar-refractivity contribution in [3.63, 3.8) is 0 Å². The average molecular weight is 397 g/mol. The topological polar surface area (TPSA) is 54.5 Å². The van der Waals surface area contributed by atoms with E-state index in [1.54, 1.807) is 12.1 Å². The maximum atomic E-state index is 13.1. The van der Waals surface area contributed by atoms with E-state index in [-0.39, 0.29) is 11.7 Å². The van der Waals surface area contributed by atoms with Gasteiger partial charge in [-0.1, -0.05) is 0 Å². The highest BCUT2D eigenvalue weighted by atomic mass is 32.1. The summed E-state index contributed by atoms with van der Waals surface area (Å²) in [5, 5.41) is 3.39. The molecule has 0 saturated carbocycles. The molecule has 2 aromatic carbocycles. The zero-order valence-corrected chi connectivity index (χ0v) is 16.3. The summed E-state index contributed by atoms with van der Waals surface area (Å²) in [5.74, 6) is -0.487. The number of ether oxygens (including phenoxy) is 1. The molecule has 1 amide bonds. The Morgan fingerprint density at radius 2 is 1.79 bits per heavy atom. The van der Waals surface area contributed by atoms with Gasteiger partial charge in [-0.25, -0.2) is 9.37 Å². The van der Waals surface area contributed by atoms with Gasteiger partial charge >= 0.3 is 0 Å². The summed E-state index contributed by atoms with van der Waals surface area (Å²) in [6.07, 6.45) is 0. The quantitative estimate of drug-likeness (QED) is 0.711. The minimum absolute atomic E-state index is 0.201. The van der Waals surface area contributed by atoms with Crippen molar-refractivity contribution in [2.24, 2.45) is 0 Å². The van der Waals surface area contributed by atoms with E-state index in [9.17, 15) is 9.18 Å². The highest BCUT2D eigenvalue weighted by molar-refractivity contribution is 7.16. The lowest BCUT2D eigenvalue weighted by Gasteiger charge is -2.28. The molecule has 1 aliphatic rings. The van der Waals surface area contributed by atoms with Crippen molar-refractivity contribution >= 4 is 28.1 Å². The zero-order chi connectivity index (χ0) is 19.5. The lowest BCUT2D eigenvalue weighted by molar-refractivity contribution is 0.102. The van der Waals surface area contributed by atoms with Gasteiger partial charge in [0.05, 0.1) is 18.9 Å². The van der Waals surface area contributed by atoms with Gasteiger partial charge in [0, 0.05) is 34.8 Å². The number of thiazole rings is 1. The molecule has 7 heteroatoms. The molecule has 2 heterocycles. The molecule has 28 heavy (non-hydrogen) atoms. The monoisotopic (exact) mass is 397 g/mol. The van der Waals surface area contributed by atoms with Crippen molar-refractivity contribution in [1.82, 2.24) is 4.98 Å². The average Bonchev–Trinajstić information content (AvgIpc) is 3.09. The van der Waals surface area contributed by atoms with Gasteiger partial charge in [-0.2, -0.15) is 0 Å². The van der Waals surface area contributed by atoms with Gasteiger partial charge in [-0.05, 0) is 55.5 Å². The Balaban J connectivity index is 1.46. The first-order chi connectivity index (χ1) is 13.6. The number of benzene rings is 2. The predicted molar refractivity (Wildman–Crippen MR) is 110 cm³/mol. The highest BCUT2D eigenvalue weighted by Gasteiger charge is 2.15. The normalized spacial score (nSPS) is 14.1. The molecule has 1 aliphatic heterocycles. The third kappa shape index (κ3) is 4.05. The van der Waals surface area contributed by atoms with Gasteiger partial charge in [0.2, 0.25) is 0 Å². The fourth-order valence-electron chi connectivity index (χ4n) is 3.14. The summed E-state index contributed by atoms with van der Waals surface area (Å²) in [4.78, 5) is 20.3. The molecular weight excluding hydrogens is 377 g/mol. The van der Waals surface area contributed by atoms with Gasteiger partial charge in [0.25, 0.3) is 5.91 Å². The predicted octanol–water partition coefficient (Wildman–Crippen LogP) is 4.35. The first-order valence-corrected chi connectivity index (χ1v) is 9.89. The molecule has 5 nitrogen and oxygen atoms in total. The standard InChI is InChI=1S/C21H20FN3O2S/c1-14-19(15-2-6-17(22)7-3-15)23-21(28-14)24-20(26)16-4-8-18(9-5-16)25-10-12-27-13-11-25/h2-9H,10-13H2,1H3,(H,23,24,26). The Labute approximate surface area is 166 Å². The van der Waals surface area contributed by atoms with Crippen molar-refractivity contribution in [3.05, 3.63) is 64.8 Å². The lowest BCUT2D eigenvalue weighted by atomic mass is 10.1. The number of carbonyl (C=O) groups is 1. The molecule has 144 valence electrons. The second-order valence-corrected chi connectivity index (χ2v) is 7.73. The summed E-state index contributed by atoms with van der Waals surface area (Å²) in [6.45, 7) is 5.10. The number of morpholine rings is 1. The van der Waals surface area contributed by atoms with E-state index in [2.05, 4.69) is 15.2 Å². The van der Waals surface area contributed by atoms with Crippen molar-refractivity contribution in [2.45, 2.75) is 6.92 Å². The Bertz CT molecular complexity index is 964. The van der Waals surface area contributed by atoms with Crippen LogP contribution >= 0.6 is 11.3 Å². The fraction of sp³-hybridized carbons (Fsp3) is 0.238. The fourth-order valence-corrected chi connectivity index (χ4v) is 3.97. The van der Waals surface area contributed by atoms with Crippen LogP contribution in [0.15, 0.2) is 48.5 Å². The van der Waals surface area contributed by atoms with E-state index in [0.717, 1.165) is 48.1 Å². The SMILES string of the molecule is Cc1sc(NC(=O)c2ccc(N3CCOCC3)cc2)nc1-c1ccc(F)cc1. The van der Waals surface area contributed by atoms with Crippen LogP contribution in [0.25, 0.3) is 11.3 Å². The maximum absolute atomic E-state index is 13.1. The Kier molecular flexibility index (Phi) is 5.36. The van der Waals surface area contributed by atoms with E-state index in [1.165, 1.54) is 23.5 Å². The summed E-state index contributed by atoms with van der Waals surface area (Å²) >= 11 is 1.40. The van der Waals surface area contributed by atoms with E-state index in [1.807, 2.05) is 31.2 Å². The molecule has 3 aromatic rings. The molecule has 0 atom stereocenters. The van der Waals surface area contributed by atoms with Crippen LogP contribution in [0.2, 0.25) is 0 Å². The second-order valence-electron chi connectivity index (χ2n) is 6.53.